The first-order valence-electron chi connectivity index (χ1n) is 5.89. The molecule has 0 aromatic carbocycles. The van der Waals surface area contributed by atoms with Gasteiger partial charge in [0.2, 0.25) is 10.9 Å². The first kappa shape index (κ1) is 13.3. The van der Waals surface area contributed by atoms with Crippen molar-refractivity contribution in [3.63, 3.8) is 0 Å². The minimum Gasteiger partial charge on any atom is -0.350 e. The Balaban J connectivity index is 1.82. The molecule has 2 aromatic rings. The van der Waals surface area contributed by atoms with Gasteiger partial charge < -0.3 is 4.52 Å². The van der Waals surface area contributed by atoms with Gasteiger partial charge in [0.05, 0.1) is 0 Å². The van der Waals surface area contributed by atoms with Crippen molar-refractivity contribution in [3.05, 3.63) is 17.0 Å². The number of aromatic nitrogens is 3. The second kappa shape index (κ2) is 5.33. The number of thioether (sulfide) groups is 1. The number of Topliss-reactive ketones (excluding diaryl/α,β-unsaturated/α-hetero) is 1. The van der Waals surface area contributed by atoms with Crippen LogP contribution >= 0.6 is 23.1 Å². The number of nitrogens with zero attached hydrogens (tertiary/aromatic N) is 3. The zero-order valence-electron chi connectivity index (χ0n) is 10.5. The summed E-state index contributed by atoms with van der Waals surface area (Å²) in [6, 6.07) is 0. The summed E-state index contributed by atoms with van der Waals surface area (Å²) in [7, 11) is 0. The van der Waals surface area contributed by atoms with Crippen molar-refractivity contribution in [1.82, 2.24) is 15.4 Å². The number of nitrogens with one attached hydrogen (secondary N) is 1. The summed E-state index contributed by atoms with van der Waals surface area (Å²) in [5, 5.41) is 14.4. The molecular formula is C11H10N4O3S2. The van der Waals surface area contributed by atoms with E-state index in [0.717, 1.165) is 4.34 Å². The summed E-state index contributed by atoms with van der Waals surface area (Å²) in [6.45, 7) is 0. The van der Waals surface area contributed by atoms with E-state index in [1.165, 1.54) is 23.1 Å². The van der Waals surface area contributed by atoms with Gasteiger partial charge in [-0.05, 0) is 19.1 Å². The lowest BCUT2D eigenvalue weighted by Crippen LogP contribution is -2.16. The normalized spacial score (nSPS) is 14.2. The maximum atomic E-state index is 12.1. The molecule has 0 fully saturated rings. The Kier molecular flexibility index (Phi) is 3.53. The van der Waals surface area contributed by atoms with Gasteiger partial charge in [-0.1, -0.05) is 28.3 Å². The molecular weight excluding hydrogens is 300 g/mol. The van der Waals surface area contributed by atoms with Crippen molar-refractivity contribution >= 4 is 39.9 Å². The summed E-state index contributed by atoms with van der Waals surface area (Å²) in [5.41, 5.74) is 0.872. The molecule has 0 saturated heterocycles. The van der Waals surface area contributed by atoms with Crippen molar-refractivity contribution in [2.45, 2.75) is 23.6 Å². The maximum absolute atomic E-state index is 12.1. The van der Waals surface area contributed by atoms with Crippen LogP contribution in [0.2, 0.25) is 0 Å². The molecule has 1 amide bonds. The fraction of sp³-hybridized carbons (Fsp3) is 0.364. The molecule has 3 rings (SSSR count). The molecule has 9 heteroatoms. The van der Waals surface area contributed by atoms with E-state index < -0.39 is 5.91 Å². The molecule has 0 saturated carbocycles. The van der Waals surface area contributed by atoms with Crippen LogP contribution in [0.25, 0.3) is 0 Å². The van der Waals surface area contributed by atoms with E-state index >= 15 is 0 Å². The predicted octanol–water partition coefficient (Wildman–Crippen LogP) is 2.02. The number of rotatable bonds is 3. The second-order valence-corrected chi connectivity index (χ2v) is 6.18. The minimum atomic E-state index is -0.447. The van der Waals surface area contributed by atoms with Crippen molar-refractivity contribution in [3.8, 4) is 0 Å². The molecule has 0 aliphatic heterocycles. The van der Waals surface area contributed by atoms with E-state index in [-0.39, 0.29) is 17.2 Å². The topological polar surface area (TPSA) is 98.0 Å². The number of anilines is 1. The Morgan fingerprint density at radius 2 is 2.25 bits per heavy atom. The van der Waals surface area contributed by atoms with E-state index in [4.69, 9.17) is 4.52 Å². The SMILES string of the molecule is CSc1nnc(NC(=O)c2onc3c2CCCC3=O)s1. The first-order valence-corrected chi connectivity index (χ1v) is 7.93. The van der Waals surface area contributed by atoms with Crippen molar-refractivity contribution < 1.29 is 14.1 Å². The number of fused-ring (bicyclic) bond motifs is 1. The molecule has 2 heterocycles. The molecule has 1 N–H and O–H groups in total. The van der Waals surface area contributed by atoms with Crippen LogP contribution in [0.3, 0.4) is 0 Å². The Morgan fingerprint density at radius 1 is 1.40 bits per heavy atom. The Morgan fingerprint density at radius 3 is 3.00 bits per heavy atom. The largest absolute Gasteiger partial charge is 0.350 e. The molecule has 1 aliphatic rings. The van der Waals surface area contributed by atoms with Gasteiger partial charge in [0.25, 0.3) is 5.91 Å². The molecule has 2 aromatic heterocycles. The van der Waals surface area contributed by atoms with Gasteiger partial charge in [-0.15, -0.1) is 10.2 Å². The van der Waals surface area contributed by atoms with Crippen LogP contribution in [0.15, 0.2) is 8.86 Å². The highest BCUT2D eigenvalue weighted by atomic mass is 32.2. The molecule has 20 heavy (non-hydrogen) atoms. The third kappa shape index (κ3) is 2.34. The first-order chi connectivity index (χ1) is 9.69. The number of amides is 1. The molecule has 0 radical (unpaired) electrons. The summed E-state index contributed by atoms with van der Waals surface area (Å²) >= 11 is 2.73. The highest BCUT2D eigenvalue weighted by Gasteiger charge is 2.29. The number of hydrogen-bond donors (Lipinski definition) is 1. The van der Waals surface area contributed by atoms with Gasteiger partial charge in [-0.25, -0.2) is 0 Å². The van der Waals surface area contributed by atoms with Crippen molar-refractivity contribution in [1.29, 1.82) is 0 Å². The van der Waals surface area contributed by atoms with Crippen LogP contribution in [0.5, 0.6) is 0 Å². The molecule has 104 valence electrons. The fourth-order valence-corrected chi connectivity index (χ4v) is 3.14. The van der Waals surface area contributed by atoms with Gasteiger partial charge in [0, 0.05) is 12.0 Å². The van der Waals surface area contributed by atoms with Crippen LogP contribution in [-0.2, 0) is 6.42 Å². The molecule has 0 spiro atoms. The molecule has 1 aliphatic carbocycles. The average molecular weight is 310 g/mol. The highest BCUT2D eigenvalue weighted by Crippen LogP contribution is 2.26. The standard InChI is InChI=1S/C11H10N4O3S2/c1-19-11-14-13-10(20-11)12-9(17)8-5-3-2-4-6(16)7(5)15-18-8/h2-4H2,1H3,(H,12,13,17). The number of carbonyl (C=O) groups is 2. The maximum Gasteiger partial charge on any atom is 0.296 e. The van der Waals surface area contributed by atoms with Crippen LogP contribution in [0.1, 0.15) is 39.4 Å². The third-order valence-corrected chi connectivity index (χ3v) is 4.70. The van der Waals surface area contributed by atoms with E-state index in [9.17, 15) is 9.59 Å². The van der Waals surface area contributed by atoms with Crippen molar-refractivity contribution in [2.75, 3.05) is 11.6 Å². The summed E-state index contributed by atoms with van der Waals surface area (Å²) in [6.07, 6.45) is 3.67. The fourth-order valence-electron chi connectivity index (χ4n) is 1.98. The van der Waals surface area contributed by atoms with Gasteiger partial charge in [-0.2, -0.15) is 0 Å². The molecule has 7 nitrogen and oxygen atoms in total. The number of carbonyl (C=O) groups excluding carboxylic acids is 2. The Bertz CT molecular complexity index is 679. The molecule has 0 unspecified atom stereocenters. The van der Waals surface area contributed by atoms with Crippen LogP contribution in [-0.4, -0.2) is 33.3 Å². The summed E-state index contributed by atoms with van der Waals surface area (Å²) in [5.74, 6) is -0.430. The van der Waals surface area contributed by atoms with Gasteiger partial charge in [0.1, 0.15) is 0 Å². The van der Waals surface area contributed by atoms with E-state index in [2.05, 4.69) is 20.7 Å². The number of ketones is 1. The quantitative estimate of drug-likeness (QED) is 0.684. The van der Waals surface area contributed by atoms with Gasteiger partial charge in [-0.3, -0.25) is 14.9 Å². The lowest BCUT2D eigenvalue weighted by Gasteiger charge is -2.07. The number of hydrogen-bond acceptors (Lipinski definition) is 8. The van der Waals surface area contributed by atoms with Crippen LogP contribution < -0.4 is 5.32 Å². The van der Waals surface area contributed by atoms with Gasteiger partial charge >= 0.3 is 0 Å². The third-order valence-electron chi connectivity index (χ3n) is 2.89. The summed E-state index contributed by atoms with van der Waals surface area (Å²) in [4.78, 5) is 23.8. The molecule has 0 bridgehead atoms. The van der Waals surface area contributed by atoms with Crippen LogP contribution in [0, 0.1) is 0 Å². The van der Waals surface area contributed by atoms with E-state index in [1.807, 2.05) is 6.26 Å². The Hall–Kier alpha value is -1.74. The zero-order chi connectivity index (χ0) is 14.1. The molecule has 0 atom stereocenters. The minimum absolute atomic E-state index is 0.0744. The zero-order valence-corrected chi connectivity index (χ0v) is 12.1. The van der Waals surface area contributed by atoms with Crippen molar-refractivity contribution in [2.24, 2.45) is 0 Å². The van der Waals surface area contributed by atoms with Crippen LogP contribution in [0.4, 0.5) is 5.13 Å². The second-order valence-electron chi connectivity index (χ2n) is 4.15. The smallest absolute Gasteiger partial charge is 0.296 e. The Labute approximate surface area is 122 Å². The monoisotopic (exact) mass is 310 g/mol. The average Bonchev–Trinajstić information content (AvgIpc) is 3.05. The predicted molar refractivity (Wildman–Crippen MR) is 73.4 cm³/mol. The van der Waals surface area contributed by atoms with E-state index in [1.54, 1.807) is 0 Å². The summed E-state index contributed by atoms with van der Waals surface area (Å²) < 4.78 is 5.78. The van der Waals surface area contributed by atoms with E-state index in [0.29, 0.717) is 30.0 Å². The lowest BCUT2D eigenvalue weighted by atomic mass is 9.95. The van der Waals surface area contributed by atoms with Gasteiger partial charge in [0.15, 0.2) is 15.8 Å². The lowest BCUT2D eigenvalue weighted by molar-refractivity contribution is 0.0959. The highest BCUT2D eigenvalue weighted by molar-refractivity contribution is 8.00.